The number of hydrogen-bond donors (Lipinski definition) is 1. The number of Topliss-reactive ketones (excluding diaryl/α,β-unsaturated/α-hetero) is 1. The molecule has 0 aliphatic heterocycles. The zero-order valence-electron chi connectivity index (χ0n) is 16.8. The van der Waals surface area contributed by atoms with Gasteiger partial charge in [-0.1, -0.05) is 24.5 Å². The maximum Gasteiger partial charge on any atom is 0.320 e. The fraction of sp³-hybridized carbons (Fsp3) is 0.773. The Labute approximate surface area is 182 Å². The molecule has 29 heavy (non-hydrogen) atoms. The van der Waals surface area contributed by atoms with Crippen LogP contribution in [0.15, 0.2) is 11.6 Å². The zero-order valence-corrected chi connectivity index (χ0v) is 19.2. The second-order valence-electron chi connectivity index (χ2n) is 9.60. The molecule has 1 N–H and O–H groups in total. The zero-order chi connectivity index (χ0) is 20.8. The van der Waals surface area contributed by atoms with Gasteiger partial charge in [0.25, 0.3) is 0 Å². The fourth-order valence-corrected chi connectivity index (χ4v) is 8.65. The number of fused-ring (bicyclic) bond motifs is 5. The van der Waals surface area contributed by atoms with Crippen molar-refractivity contribution in [1.82, 2.24) is 0 Å². The molecule has 0 amide bonds. The summed E-state index contributed by atoms with van der Waals surface area (Å²) in [4.78, 5) is 12.8. The number of hydrogen-bond acceptors (Lipinski definition) is 4. The van der Waals surface area contributed by atoms with Gasteiger partial charge in [0.05, 0.1) is 5.75 Å². The standard InChI is InChI=1S/C22H29ClO4S2/c1-22-10-8-17-16-4-2-14(9-11-23)12-15(16)3-5-18(17)19(22)6-7-20(22)21(24)13-28-29(25,26)27/h3,14,16-20H,2,4-8,10,12-13H2,1H3,(H,25,26,27). The first-order valence-corrected chi connectivity index (χ1v) is 14.0. The largest absolute Gasteiger partial charge is 0.320 e. The van der Waals surface area contributed by atoms with Crippen LogP contribution in [0.1, 0.15) is 58.3 Å². The molecule has 0 aromatic heterocycles. The Balaban J connectivity index is 1.49. The Morgan fingerprint density at radius 2 is 2.07 bits per heavy atom. The van der Waals surface area contributed by atoms with E-state index in [1.807, 2.05) is 0 Å². The van der Waals surface area contributed by atoms with E-state index in [4.69, 9.17) is 16.2 Å². The predicted octanol–water partition coefficient (Wildman–Crippen LogP) is 5.10. The highest BCUT2D eigenvalue weighted by Crippen LogP contribution is 2.63. The normalized spacial score (nSPS) is 41.3. The van der Waals surface area contributed by atoms with Crippen LogP contribution in [-0.4, -0.2) is 24.5 Å². The van der Waals surface area contributed by atoms with Crippen LogP contribution in [0, 0.1) is 52.2 Å². The third-order valence-electron chi connectivity index (χ3n) is 8.44. The maximum atomic E-state index is 12.8. The van der Waals surface area contributed by atoms with E-state index in [1.165, 1.54) is 6.42 Å². The molecule has 3 fully saturated rings. The number of carbonyl (C=O) groups excluding carboxylic acids is 1. The lowest BCUT2D eigenvalue weighted by molar-refractivity contribution is -0.126. The monoisotopic (exact) mass is 456 g/mol. The molecule has 4 rings (SSSR count). The first-order valence-electron chi connectivity index (χ1n) is 10.7. The molecule has 160 valence electrons. The van der Waals surface area contributed by atoms with E-state index in [2.05, 4.69) is 24.3 Å². The van der Waals surface area contributed by atoms with Gasteiger partial charge in [-0.3, -0.25) is 9.35 Å². The van der Waals surface area contributed by atoms with Crippen molar-refractivity contribution in [2.45, 2.75) is 58.3 Å². The van der Waals surface area contributed by atoms with E-state index < -0.39 is 9.15 Å². The summed E-state index contributed by atoms with van der Waals surface area (Å²) >= 11 is 5.63. The molecule has 0 bridgehead atoms. The summed E-state index contributed by atoms with van der Waals surface area (Å²) < 4.78 is 31.1. The fourth-order valence-electron chi connectivity index (χ4n) is 7.23. The topological polar surface area (TPSA) is 71.4 Å². The van der Waals surface area contributed by atoms with Gasteiger partial charge < -0.3 is 0 Å². The van der Waals surface area contributed by atoms with Gasteiger partial charge in [-0.2, -0.15) is 8.42 Å². The van der Waals surface area contributed by atoms with Crippen LogP contribution in [-0.2, 0) is 13.9 Å². The van der Waals surface area contributed by atoms with Crippen LogP contribution in [0.25, 0.3) is 0 Å². The van der Waals surface area contributed by atoms with Crippen molar-refractivity contribution in [3.05, 3.63) is 11.6 Å². The third-order valence-corrected chi connectivity index (χ3v) is 10.5. The quantitative estimate of drug-likeness (QED) is 0.276. The van der Waals surface area contributed by atoms with Gasteiger partial charge in [-0.25, -0.2) is 0 Å². The minimum atomic E-state index is -4.17. The summed E-state index contributed by atoms with van der Waals surface area (Å²) in [5.74, 6) is 5.84. The summed E-state index contributed by atoms with van der Waals surface area (Å²) in [5, 5.41) is 2.57. The minimum Gasteiger partial charge on any atom is -0.298 e. The lowest BCUT2D eigenvalue weighted by atomic mass is 9.51. The van der Waals surface area contributed by atoms with E-state index in [9.17, 15) is 13.2 Å². The smallest absolute Gasteiger partial charge is 0.298 e. The second kappa shape index (κ2) is 8.22. The Kier molecular flexibility index (Phi) is 6.16. The Bertz CT molecular complexity index is 871. The first kappa shape index (κ1) is 21.7. The van der Waals surface area contributed by atoms with Crippen LogP contribution >= 0.6 is 22.4 Å². The van der Waals surface area contributed by atoms with Crippen LogP contribution in [0.3, 0.4) is 0 Å². The Hall–Kier alpha value is -0.480. The summed E-state index contributed by atoms with van der Waals surface area (Å²) in [6.45, 7) is 2.26. The maximum absolute atomic E-state index is 12.8. The molecular weight excluding hydrogens is 428 g/mol. The lowest BCUT2D eigenvalue weighted by Crippen LogP contribution is -2.47. The highest BCUT2D eigenvalue weighted by atomic mass is 35.5. The van der Waals surface area contributed by atoms with Crippen LogP contribution in [0.4, 0.5) is 0 Å². The second-order valence-corrected chi connectivity index (χ2v) is 13.1. The molecule has 3 saturated carbocycles. The van der Waals surface area contributed by atoms with Gasteiger partial charge in [0.15, 0.2) is 0 Å². The predicted molar refractivity (Wildman–Crippen MR) is 117 cm³/mol. The van der Waals surface area contributed by atoms with E-state index >= 15 is 0 Å². The van der Waals surface area contributed by atoms with Gasteiger partial charge in [0, 0.05) is 28.0 Å². The Morgan fingerprint density at radius 1 is 1.28 bits per heavy atom. The SMILES string of the molecule is CC12CCC3C4CCC(C#CCl)CC4=CCC3C1CCC2C(=O)CSS(=O)(=O)O. The van der Waals surface area contributed by atoms with Crippen LogP contribution in [0.5, 0.6) is 0 Å². The van der Waals surface area contributed by atoms with Gasteiger partial charge >= 0.3 is 9.15 Å². The Morgan fingerprint density at radius 3 is 2.79 bits per heavy atom. The van der Waals surface area contributed by atoms with Gasteiger partial charge in [0.1, 0.15) is 5.78 Å². The van der Waals surface area contributed by atoms with Crippen molar-refractivity contribution >= 4 is 37.3 Å². The van der Waals surface area contributed by atoms with Crippen molar-refractivity contribution in [1.29, 1.82) is 0 Å². The molecule has 4 aliphatic carbocycles. The van der Waals surface area contributed by atoms with E-state index in [-0.39, 0.29) is 22.9 Å². The van der Waals surface area contributed by atoms with E-state index in [1.54, 1.807) is 5.57 Å². The van der Waals surface area contributed by atoms with Crippen molar-refractivity contribution in [2.24, 2.45) is 40.9 Å². The molecule has 0 heterocycles. The molecule has 7 unspecified atom stereocenters. The van der Waals surface area contributed by atoms with E-state index in [0.29, 0.717) is 40.4 Å². The number of allylic oxidation sites excluding steroid dienone is 2. The average Bonchev–Trinajstić information content (AvgIpc) is 3.03. The highest BCUT2D eigenvalue weighted by molar-refractivity contribution is 8.70. The van der Waals surface area contributed by atoms with Crippen molar-refractivity contribution in [2.75, 3.05) is 5.75 Å². The molecule has 0 aromatic carbocycles. The summed E-state index contributed by atoms with van der Waals surface area (Å²) in [6.07, 6.45) is 11.0. The first-order chi connectivity index (χ1) is 13.7. The molecule has 0 radical (unpaired) electrons. The van der Waals surface area contributed by atoms with Crippen molar-refractivity contribution in [3.8, 4) is 11.3 Å². The lowest BCUT2D eigenvalue weighted by Gasteiger charge is -2.53. The van der Waals surface area contributed by atoms with Crippen molar-refractivity contribution < 1.29 is 17.8 Å². The summed E-state index contributed by atoms with van der Waals surface area (Å²) in [6, 6.07) is 0. The van der Waals surface area contributed by atoms with Crippen LogP contribution in [0.2, 0.25) is 0 Å². The molecule has 7 atom stereocenters. The molecule has 7 heteroatoms. The van der Waals surface area contributed by atoms with Gasteiger partial charge in [-0.15, -0.1) is 0 Å². The van der Waals surface area contributed by atoms with E-state index in [0.717, 1.165) is 44.9 Å². The molecule has 0 saturated heterocycles. The molecule has 4 aliphatic rings. The minimum absolute atomic E-state index is 0.0109. The number of rotatable bonds is 4. The third kappa shape index (κ3) is 4.18. The number of halogens is 1. The number of ketones is 1. The van der Waals surface area contributed by atoms with Crippen molar-refractivity contribution in [3.63, 3.8) is 0 Å². The molecular formula is C22H29ClO4S2. The van der Waals surface area contributed by atoms with Crippen LogP contribution < -0.4 is 0 Å². The highest BCUT2D eigenvalue weighted by Gasteiger charge is 2.57. The van der Waals surface area contributed by atoms with Gasteiger partial charge in [0.2, 0.25) is 0 Å². The average molecular weight is 457 g/mol. The van der Waals surface area contributed by atoms with Gasteiger partial charge in [-0.05, 0) is 92.1 Å². The molecule has 4 nitrogen and oxygen atoms in total. The molecule has 0 spiro atoms. The number of carbonyl (C=O) groups is 1. The summed E-state index contributed by atoms with van der Waals surface area (Å²) in [7, 11) is -3.81. The summed E-state index contributed by atoms with van der Waals surface area (Å²) in [5.41, 5.74) is 1.55. The molecule has 0 aromatic rings.